The molecule has 0 fully saturated rings. The van der Waals surface area contributed by atoms with Crippen LogP contribution in [0.4, 0.5) is 0 Å². The van der Waals surface area contributed by atoms with Crippen LogP contribution in [0.2, 0.25) is 0 Å². The van der Waals surface area contributed by atoms with E-state index in [1.165, 1.54) is 11.2 Å². The fourth-order valence-electron chi connectivity index (χ4n) is 3.91. The van der Waals surface area contributed by atoms with Crippen LogP contribution in [-0.2, 0) is 4.79 Å². The maximum atomic E-state index is 13.4. The second-order valence-electron chi connectivity index (χ2n) is 7.33. The zero-order chi connectivity index (χ0) is 22.1. The summed E-state index contributed by atoms with van der Waals surface area (Å²) in [5, 5.41) is 11.4. The number of aliphatic hydroxyl groups is 1. The molecule has 0 radical (unpaired) electrons. The average molecular weight is 487 g/mol. The Morgan fingerprint density at radius 3 is 2.68 bits per heavy atom. The molecular formula is C23H23BrN2O5. The number of benzene rings is 1. The molecule has 0 bridgehead atoms. The molecule has 8 heteroatoms. The van der Waals surface area contributed by atoms with Crippen LogP contribution in [-0.4, -0.2) is 52.8 Å². The fraction of sp³-hybridized carbons (Fsp3) is 0.304. The van der Waals surface area contributed by atoms with E-state index in [-0.39, 0.29) is 11.3 Å². The Morgan fingerprint density at radius 2 is 2.00 bits per heavy atom. The molecule has 31 heavy (non-hydrogen) atoms. The number of Topliss-reactive ketones (excluding diaryl/α,β-unsaturated/α-hetero) is 1. The zero-order valence-corrected chi connectivity index (χ0v) is 18.9. The van der Waals surface area contributed by atoms with Crippen LogP contribution < -0.4 is 0 Å². The molecule has 3 heterocycles. The maximum Gasteiger partial charge on any atom is 0.290 e. The number of hydrogen-bond acceptors (Lipinski definition) is 6. The summed E-state index contributed by atoms with van der Waals surface area (Å²) in [5.74, 6) is -1.21. The van der Waals surface area contributed by atoms with E-state index in [1.54, 1.807) is 24.3 Å². The minimum atomic E-state index is -0.814. The second kappa shape index (κ2) is 8.72. The molecule has 0 saturated carbocycles. The average Bonchev–Trinajstić information content (AvgIpc) is 3.48. The van der Waals surface area contributed by atoms with Crippen LogP contribution in [0.15, 0.2) is 67.3 Å². The minimum absolute atomic E-state index is 0.0300. The first-order valence-electron chi connectivity index (χ1n) is 10.2. The van der Waals surface area contributed by atoms with Crippen LogP contribution in [0, 0.1) is 0 Å². The van der Waals surface area contributed by atoms with Gasteiger partial charge in [-0.05, 0) is 49.5 Å². The third-order valence-electron chi connectivity index (χ3n) is 5.61. The number of hydrogen-bond donors (Lipinski definition) is 1. The van der Waals surface area contributed by atoms with Crippen LogP contribution in [0.3, 0.4) is 0 Å². The largest absolute Gasteiger partial charge is 0.503 e. The highest BCUT2D eigenvalue weighted by atomic mass is 79.9. The van der Waals surface area contributed by atoms with Gasteiger partial charge in [0.2, 0.25) is 5.78 Å². The molecule has 4 rings (SSSR count). The van der Waals surface area contributed by atoms with Crippen molar-refractivity contribution in [3.8, 4) is 0 Å². The Bertz CT molecular complexity index is 1140. The molecule has 2 aromatic heterocycles. The molecule has 1 N–H and O–H groups in total. The number of halogens is 1. The lowest BCUT2D eigenvalue weighted by Gasteiger charge is -2.27. The molecule has 1 amide bonds. The van der Waals surface area contributed by atoms with E-state index in [2.05, 4.69) is 20.8 Å². The van der Waals surface area contributed by atoms with Crippen LogP contribution >= 0.6 is 15.9 Å². The number of likely N-dealkylation sites (N-methyl/N-ethyl adjacent to an activating group) is 1. The van der Waals surface area contributed by atoms with E-state index in [0.717, 1.165) is 22.9 Å². The molecule has 1 aliphatic heterocycles. The Kier molecular flexibility index (Phi) is 6.02. The van der Waals surface area contributed by atoms with Gasteiger partial charge in [-0.2, -0.15) is 0 Å². The molecule has 0 aliphatic carbocycles. The molecule has 0 saturated heterocycles. The Balaban J connectivity index is 1.71. The van der Waals surface area contributed by atoms with Crippen LogP contribution in [0.25, 0.3) is 11.0 Å². The number of carbonyl (C=O) groups is 2. The van der Waals surface area contributed by atoms with Gasteiger partial charge in [0.05, 0.1) is 11.8 Å². The molecule has 162 valence electrons. The SMILES string of the molecule is CCN(CC)CCN1C(=O)C(O)=C(C(=O)c2cc3cc(Br)ccc3o2)C1c1ccco1. The lowest BCUT2D eigenvalue weighted by Crippen LogP contribution is -2.38. The van der Waals surface area contributed by atoms with Crippen molar-refractivity contribution in [2.24, 2.45) is 0 Å². The second-order valence-corrected chi connectivity index (χ2v) is 8.24. The standard InChI is InChI=1S/C23H23BrN2O5/c1-3-25(4-2)9-10-26-20(17-6-5-11-30-17)19(22(28)23(26)29)21(27)18-13-14-12-15(24)7-8-16(14)31-18/h5-8,11-13,20,28H,3-4,9-10H2,1-2H3. The monoisotopic (exact) mass is 486 g/mol. The number of nitrogens with zero attached hydrogens (tertiary/aromatic N) is 2. The summed E-state index contributed by atoms with van der Waals surface area (Å²) in [5.41, 5.74) is 0.515. The van der Waals surface area contributed by atoms with Gasteiger partial charge in [0.15, 0.2) is 11.5 Å². The summed E-state index contributed by atoms with van der Waals surface area (Å²) in [6, 6.07) is 9.60. The van der Waals surface area contributed by atoms with Crippen molar-refractivity contribution in [1.82, 2.24) is 9.80 Å². The van der Waals surface area contributed by atoms with Crippen molar-refractivity contribution in [3.05, 3.63) is 70.0 Å². The normalized spacial score (nSPS) is 16.8. The van der Waals surface area contributed by atoms with Crippen LogP contribution in [0.1, 0.15) is 36.2 Å². The number of amides is 1. The van der Waals surface area contributed by atoms with E-state index in [4.69, 9.17) is 8.83 Å². The van der Waals surface area contributed by atoms with Crippen molar-refractivity contribution in [2.45, 2.75) is 19.9 Å². The molecule has 0 spiro atoms. The fourth-order valence-corrected chi connectivity index (χ4v) is 4.29. The summed E-state index contributed by atoms with van der Waals surface area (Å²) < 4.78 is 12.1. The lowest BCUT2D eigenvalue weighted by atomic mass is 9.99. The van der Waals surface area contributed by atoms with Gasteiger partial charge >= 0.3 is 0 Å². The minimum Gasteiger partial charge on any atom is -0.503 e. The van der Waals surface area contributed by atoms with Gasteiger partial charge < -0.3 is 23.7 Å². The predicted molar refractivity (Wildman–Crippen MR) is 119 cm³/mol. The number of aliphatic hydroxyl groups excluding tert-OH is 1. The van der Waals surface area contributed by atoms with Gasteiger partial charge in [0.25, 0.3) is 5.91 Å². The Morgan fingerprint density at radius 1 is 1.23 bits per heavy atom. The number of ketones is 1. The number of furan rings is 2. The topological polar surface area (TPSA) is 87.1 Å². The van der Waals surface area contributed by atoms with Gasteiger partial charge in [0.1, 0.15) is 17.4 Å². The number of rotatable bonds is 8. The van der Waals surface area contributed by atoms with Crippen molar-refractivity contribution in [2.75, 3.05) is 26.2 Å². The molecule has 1 aromatic carbocycles. The van der Waals surface area contributed by atoms with Crippen molar-refractivity contribution in [3.63, 3.8) is 0 Å². The number of fused-ring (bicyclic) bond motifs is 1. The quantitative estimate of drug-likeness (QED) is 0.464. The van der Waals surface area contributed by atoms with Gasteiger partial charge in [-0.25, -0.2) is 0 Å². The molecule has 7 nitrogen and oxygen atoms in total. The first-order chi connectivity index (χ1) is 14.9. The lowest BCUT2D eigenvalue weighted by molar-refractivity contribution is -0.129. The molecule has 1 aliphatic rings. The predicted octanol–water partition coefficient (Wildman–Crippen LogP) is 4.71. The van der Waals surface area contributed by atoms with E-state index < -0.39 is 23.5 Å². The maximum absolute atomic E-state index is 13.4. The highest BCUT2D eigenvalue weighted by Crippen LogP contribution is 2.39. The summed E-state index contributed by atoms with van der Waals surface area (Å²) in [4.78, 5) is 30.0. The first-order valence-corrected chi connectivity index (χ1v) is 11.0. The first kappa shape index (κ1) is 21.4. The molecule has 1 unspecified atom stereocenters. The summed E-state index contributed by atoms with van der Waals surface area (Å²) in [6.07, 6.45) is 1.48. The van der Waals surface area contributed by atoms with E-state index in [9.17, 15) is 14.7 Å². The highest BCUT2D eigenvalue weighted by Gasteiger charge is 2.45. The van der Waals surface area contributed by atoms with Gasteiger partial charge in [0, 0.05) is 22.9 Å². The zero-order valence-electron chi connectivity index (χ0n) is 17.3. The van der Waals surface area contributed by atoms with E-state index >= 15 is 0 Å². The van der Waals surface area contributed by atoms with Crippen LogP contribution in [0.5, 0.6) is 0 Å². The molecule has 1 atom stereocenters. The smallest absolute Gasteiger partial charge is 0.290 e. The third kappa shape index (κ3) is 3.93. The summed E-state index contributed by atoms with van der Waals surface area (Å²) in [6.45, 7) is 6.73. The summed E-state index contributed by atoms with van der Waals surface area (Å²) >= 11 is 3.40. The molecule has 3 aromatic rings. The number of carbonyl (C=O) groups excluding carboxylic acids is 2. The van der Waals surface area contributed by atoms with E-state index in [0.29, 0.717) is 24.4 Å². The van der Waals surface area contributed by atoms with Gasteiger partial charge in [-0.15, -0.1) is 0 Å². The van der Waals surface area contributed by atoms with Crippen molar-refractivity contribution >= 4 is 38.6 Å². The highest BCUT2D eigenvalue weighted by molar-refractivity contribution is 9.10. The van der Waals surface area contributed by atoms with Gasteiger partial charge in [-0.3, -0.25) is 9.59 Å². The Labute approximate surface area is 188 Å². The summed E-state index contributed by atoms with van der Waals surface area (Å²) in [7, 11) is 0. The van der Waals surface area contributed by atoms with Crippen molar-refractivity contribution in [1.29, 1.82) is 0 Å². The third-order valence-corrected chi connectivity index (χ3v) is 6.11. The van der Waals surface area contributed by atoms with Crippen molar-refractivity contribution < 1.29 is 23.5 Å². The Hall–Kier alpha value is -2.84. The van der Waals surface area contributed by atoms with E-state index in [1.807, 2.05) is 26.0 Å². The molecular weight excluding hydrogens is 464 g/mol. The van der Waals surface area contributed by atoms with Gasteiger partial charge in [-0.1, -0.05) is 29.8 Å².